The van der Waals surface area contributed by atoms with Gasteiger partial charge in [0.15, 0.2) is 16.3 Å². The first-order valence-corrected chi connectivity index (χ1v) is 15.2. The first-order valence-electron chi connectivity index (χ1n) is 11.8. The number of rotatable bonds is 11. The molecular formula is C21H37BN3O5PSi. The lowest BCUT2D eigenvalue weighted by molar-refractivity contribution is -0.161. The van der Waals surface area contributed by atoms with Crippen molar-refractivity contribution in [2.75, 3.05) is 19.6 Å². The molecule has 3 heterocycles. The normalized spacial score (nSPS) is 29.7. The number of nitrogens with one attached hydrogen (secondary N) is 1. The van der Waals surface area contributed by atoms with E-state index in [-0.39, 0.29) is 45.0 Å². The topological polar surface area (TPSA) is 91.3 Å². The van der Waals surface area contributed by atoms with Gasteiger partial charge in [-0.2, -0.15) is 0 Å². The van der Waals surface area contributed by atoms with Gasteiger partial charge in [0.1, 0.15) is 14.7 Å². The Labute approximate surface area is 195 Å². The van der Waals surface area contributed by atoms with Crippen LogP contribution < -0.4 is 5.00 Å². The van der Waals surface area contributed by atoms with Crippen LogP contribution in [0.4, 0.5) is 0 Å². The van der Waals surface area contributed by atoms with Crippen LogP contribution in [0.5, 0.6) is 0 Å². The van der Waals surface area contributed by atoms with Crippen LogP contribution >= 0.6 is 8.96 Å². The third-order valence-electron chi connectivity index (χ3n) is 7.71. The molecule has 32 heavy (non-hydrogen) atoms. The molecule has 3 aliphatic rings. The van der Waals surface area contributed by atoms with E-state index in [1.165, 1.54) is 0 Å². The van der Waals surface area contributed by atoms with E-state index in [2.05, 4.69) is 37.6 Å². The number of carbonyl (C=O) groups excluding carboxylic acids is 2. The molecule has 6 atom stereocenters. The Kier molecular flexibility index (Phi) is 8.61. The van der Waals surface area contributed by atoms with Crippen molar-refractivity contribution in [1.29, 1.82) is 0 Å². The van der Waals surface area contributed by atoms with Crippen molar-refractivity contribution >= 4 is 37.1 Å². The fourth-order valence-electron chi connectivity index (χ4n) is 5.62. The molecule has 11 heteroatoms. The molecule has 2 N–H and O–H groups in total. The summed E-state index contributed by atoms with van der Waals surface area (Å²) in [5, 5.41) is 9.93. The average molecular weight is 481 g/mol. The monoisotopic (exact) mass is 481 g/mol. The zero-order valence-corrected chi connectivity index (χ0v) is 21.9. The molecule has 0 aliphatic carbocycles. The Morgan fingerprint density at radius 2 is 2.00 bits per heavy atom. The van der Waals surface area contributed by atoms with Crippen LogP contribution in [-0.2, 0) is 18.5 Å². The molecule has 0 aromatic heterocycles. The number of aliphatic hydroxyl groups excluding tert-OH is 1. The summed E-state index contributed by atoms with van der Waals surface area (Å²) in [5.41, 5.74) is 1.26. The van der Waals surface area contributed by atoms with Crippen molar-refractivity contribution in [3.05, 3.63) is 11.3 Å². The molecule has 1 amide bonds. The summed E-state index contributed by atoms with van der Waals surface area (Å²) in [5.74, 6) is -0.835. The molecule has 2 saturated heterocycles. The predicted molar refractivity (Wildman–Crippen MR) is 128 cm³/mol. The van der Waals surface area contributed by atoms with Crippen molar-refractivity contribution in [3.63, 3.8) is 0 Å². The van der Waals surface area contributed by atoms with Gasteiger partial charge in [-0.05, 0) is 37.0 Å². The maximum absolute atomic E-state index is 13.3. The molecule has 0 bridgehead atoms. The number of fused-ring (bicyclic) bond motifs is 1. The predicted octanol–water partition coefficient (Wildman–Crippen LogP) is 1.92. The minimum atomic E-state index is -1.86. The Balaban J connectivity index is 1.84. The van der Waals surface area contributed by atoms with E-state index in [9.17, 15) is 14.7 Å². The lowest BCUT2D eigenvalue weighted by Crippen LogP contribution is -2.65. The molecule has 0 aromatic carbocycles. The van der Waals surface area contributed by atoms with E-state index in [1.54, 1.807) is 4.90 Å². The van der Waals surface area contributed by atoms with E-state index >= 15 is 0 Å². The Hall–Kier alpha value is -0.768. The summed E-state index contributed by atoms with van der Waals surface area (Å²) in [6.07, 6.45) is 0.188. The minimum Gasteiger partial charge on any atom is -0.428 e. The van der Waals surface area contributed by atoms with Crippen LogP contribution in [0.25, 0.3) is 0 Å². The molecule has 2 unspecified atom stereocenters. The molecule has 3 rings (SSSR count). The second-order valence-corrected chi connectivity index (χ2v) is 14.7. The highest BCUT2D eigenvalue weighted by Crippen LogP contribution is 2.49. The molecular weight excluding hydrogens is 444 g/mol. The molecule has 178 valence electrons. The van der Waals surface area contributed by atoms with E-state index in [1.807, 2.05) is 6.92 Å². The summed E-state index contributed by atoms with van der Waals surface area (Å²) >= 11 is 0. The van der Waals surface area contributed by atoms with Crippen LogP contribution in [0.1, 0.15) is 41.0 Å². The van der Waals surface area contributed by atoms with Crippen molar-refractivity contribution in [2.24, 2.45) is 11.8 Å². The summed E-state index contributed by atoms with van der Waals surface area (Å²) < 4.78 is 11.9. The van der Waals surface area contributed by atoms with Crippen LogP contribution in [0.2, 0.25) is 18.1 Å². The Bertz CT molecular complexity index is 745. The van der Waals surface area contributed by atoms with Crippen molar-refractivity contribution in [1.82, 2.24) is 14.8 Å². The van der Waals surface area contributed by atoms with Gasteiger partial charge < -0.3 is 24.0 Å². The third-order valence-corrected chi connectivity index (χ3v) is 12.9. The van der Waals surface area contributed by atoms with E-state index in [0.29, 0.717) is 18.8 Å². The number of β-lactam (4-membered cyclic amide) rings is 1. The molecule has 8 nitrogen and oxygen atoms in total. The van der Waals surface area contributed by atoms with Crippen LogP contribution in [0.3, 0.4) is 0 Å². The van der Waals surface area contributed by atoms with Crippen LogP contribution in [-0.4, -0.2) is 81.0 Å². The Morgan fingerprint density at radius 1 is 1.34 bits per heavy atom. The van der Waals surface area contributed by atoms with Crippen molar-refractivity contribution < 1.29 is 23.6 Å². The van der Waals surface area contributed by atoms with Crippen molar-refractivity contribution in [2.45, 2.75) is 77.4 Å². The zero-order chi connectivity index (χ0) is 23.6. The summed E-state index contributed by atoms with van der Waals surface area (Å²) in [7, 11) is 3.04. The van der Waals surface area contributed by atoms with E-state index in [4.69, 9.17) is 16.9 Å². The summed E-state index contributed by atoms with van der Waals surface area (Å²) in [6.45, 7) is 12.5. The maximum Gasteiger partial charge on any atom is 0.358 e. The lowest BCUT2D eigenvalue weighted by atomic mass is 9.77. The van der Waals surface area contributed by atoms with Crippen molar-refractivity contribution in [3.8, 4) is 0 Å². The van der Waals surface area contributed by atoms with Gasteiger partial charge in [-0.15, -0.1) is 0 Å². The van der Waals surface area contributed by atoms with Gasteiger partial charge in [-0.1, -0.05) is 27.7 Å². The fraction of sp³-hybridized carbons (Fsp3) is 0.810. The van der Waals surface area contributed by atoms with E-state index in [0.717, 1.165) is 36.7 Å². The highest BCUT2D eigenvalue weighted by Gasteiger charge is 2.61. The second kappa shape index (κ2) is 10.7. The Morgan fingerprint density at radius 3 is 2.53 bits per heavy atom. The second-order valence-electron chi connectivity index (χ2n) is 9.27. The first kappa shape index (κ1) is 25.8. The molecule has 2 fully saturated rings. The van der Waals surface area contributed by atoms with Gasteiger partial charge in [0.2, 0.25) is 5.91 Å². The largest absolute Gasteiger partial charge is 0.428 e. The van der Waals surface area contributed by atoms with Gasteiger partial charge in [-0.3, -0.25) is 9.69 Å². The molecule has 2 radical (unpaired) electrons. The minimum absolute atomic E-state index is 0.0131. The standard InChI is InChI=1S/C21H37BN3O5PSi/c1-6-32(7-2,8-3)30-14(5)17-18-13(4)16(12-24-10-9-15(26)11-24)19(25(18)20(17)27)21(28)29-31-23-22/h13-15,17-18,23,26,31H,6-12H2,1-5H3/t13-,14+,15-,17?,18+/m0/s1. The highest BCUT2D eigenvalue weighted by molar-refractivity contribution is 7.32. The maximum atomic E-state index is 13.3. The smallest absolute Gasteiger partial charge is 0.358 e. The number of carbonyl (C=O) groups is 2. The number of β-amino-alcohol motifs (C(OH)–C–C–N with tert-alkyl or cyclic N) is 1. The molecule has 0 spiro atoms. The first-order chi connectivity index (χ1) is 15.2. The van der Waals surface area contributed by atoms with Crippen LogP contribution in [0, 0.1) is 11.8 Å². The number of likely N-dealkylation sites (tertiary alicyclic amines) is 1. The number of aliphatic hydroxyl groups is 1. The van der Waals surface area contributed by atoms with E-state index < -0.39 is 14.3 Å². The van der Waals surface area contributed by atoms with Crippen LogP contribution in [0.15, 0.2) is 11.3 Å². The fourth-order valence-corrected chi connectivity index (χ4v) is 8.80. The number of amides is 1. The molecule has 3 aliphatic heterocycles. The van der Waals surface area contributed by atoms with Gasteiger partial charge in [-0.25, -0.2) is 4.79 Å². The molecule has 0 saturated carbocycles. The lowest BCUT2D eigenvalue weighted by Gasteiger charge is -2.49. The quantitative estimate of drug-likeness (QED) is 0.265. The number of nitrogens with zero attached hydrogens (tertiary/aromatic N) is 2. The zero-order valence-electron chi connectivity index (χ0n) is 19.9. The molecule has 0 aromatic rings. The highest BCUT2D eigenvalue weighted by atomic mass is 31.1. The summed E-state index contributed by atoms with van der Waals surface area (Å²) in [6, 6.07) is 2.98. The SMILES string of the molecule is [B]NPOC(=O)C1=C(CN2CC[C@H](O)C2)[C@H](C)[C@@H]2C([C@@H](C)O[Si](CC)(CC)CC)C(=O)N12. The van der Waals surface area contributed by atoms with Gasteiger partial charge in [0.05, 0.1) is 24.2 Å². The third kappa shape index (κ3) is 4.72. The van der Waals surface area contributed by atoms with Gasteiger partial charge in [0.25, 0.3) is 0 Å². The van der Waals surface area contributed by atoms with Gasteiger partial charge >= 0.3 is 5.97 Å². The summed E-state index contributed by atoms with van der Waals surface area (Å²) in [4.78, 5) is 32.4. The average Bonchev–Trinajstić information content (AvgIpc) is 3.29. The number of hydrogen-bond donors (Lipinski definition) is 2. The number of hydrogen-bond acceptors (Lipinski definition) is 7. The van der Waals surface area contributed by atoms with Gasteiger partial charge in [0, 0.05) is 25.6 Å².